The summed E-state index contributed by atoms with van der Waals surface area (Å²) >= 11 is 4.83. The van der Waals surface area contributed by atoms with Gasteiger partial charge in [0.05, 0.1) is 11.0 Å². The van der Waals surface area contributed by atoms with Crippen LogP contribution in [-0.4, -0.2) is 40.4 Å². The molecule has 0 aliphatic heterocycles. The maximum atomic E-state index is 12.4. The van der Waals surface area contributed by atoms with E-state index in [1.54, 1.807) is 20.0 Å². The molecule has 0 saturated carbocycles. The van der Waals surface area contributed by atoms with Crippen molar-refractivity contribution in [2.24, 2.45) is 5.73 Å². The molecule has 2 N–H and O–H groups in total. The van der Waals surface area contributed by atoms with E-state index in [-0.39, 0.29) is 10.0 Å². The molecule has 19 heavy (non-hydrogen) atoms. The molecule has 0 aromatic carbocycles. The summed E-state index contributed by atoms with van der Waals surface area (Å²) in [6.07, 6.45) is 2.47. The van der Waals surface area contributed by atoms with Crippen molar-refractivity contribution in [3.8, 4) is 0 Å². The second-order valence-corrected chi connectivity index (χ2v) is 6.84. The first-order valence-corrected chi connectivity index (χ1v) is 7.87. The van der Waals surface area contributed by atoms with E-state index in [9.17, 15) is 8.42 Å². The Kier molecular flexibility index (Phi) is 5.05. The predicted octanol–water partition coefficient (Wildman–Crippen LogP) is 0.897. The van der Waals surface area contributed by atoms with E-state index in [1.807, 2.05) is 11.5 Å². The lowest BCUT2D eigenvalue weighted by Gasteiger charge is -2.21. The molecule has 0 aliphatic rings. The van der Waals surface area contributed by atoms with Gasteiger partial charge >= 0.3 is 0 Å². The van der Waals surface area contributed by atoms with E-state index >= 15 is 0 Å². The molecule has 1 unspecified atom stereocenters. The second-order valence-electron chi connectivity index (χ2n) is 4.42. The lowest BCUT2D eigenvalue weighted by Crippen LogP contribution is -2.42. The highest BCUT2D eigenvalue weighted by Crippen LogP contribution is 2.16. The molecule has 1 rings (SSSR count). The lowest BCUT2D eigenvalue weighted by molar-refractivity contribution is 0.449. The first-order chi connectivity index (χ1) is 8.71. The first kappa shape index (κ1) is 16.1. The number of likely N-dealkylation sites (N-methyl/N-ethyl adjacent to an activating group) is 1. The van der Waals surface area contributed by atoms with Crippen LogP contribution in [0, 0.1) is 6.92 Å². The average molecular weight is 304 g/mol. The maximum Gasteiger partial charge on any atom is 0.262 e. The Labute approximate surface area is 119 Å². The molecule has 6 nitrogen and oxygen atoms in total. The van der Waals surface area contributed by atoms with E-state index in [0.29, 0.717) is 5.82 Å². The van der Waals surface area contributed by atoms with E-state index in [1.165, 1.54) is 7.05 Å². The van der Waals surface area contributed by atoms with Crippen molar-refractivity contribution in [3.05, 3.63) is 12.0 Å². The number of hydrogen-bond donors (Lipinski definition) is 1. The summed E-state index contributed by atoms with van der Waals surface area (Å²) < 4.78 is 27.7. The summed E-state index contributed by atoms with van der Waals surface area (Å²) in [6.45, 7) is 6.19. The Morgan fingerprint density at radius 2 is 2.21 bits per heavy atom. The van der Waals surface area contributed by atoms with Crippen molar-refractivity contribution >= 4 is 27.2 Å². The van der Waals surface area contributed by atoms with E-state index in [4.69, 9.17) is 18.0 Å². The fraction of sp³-hybridized carbons (Fsp3) is 0.636. The van der Waals surface area contributed by atoms with Gasteiger partial charge in [0.15, 0.2) is 5.03 Å². The first-order valence-electron chi connectivity index (χ1n) is 6.03. The van der Waals surface area contributed by atoms with Gasteiger partial charge in [-0.3, -0.25) is 0 Å². The SMILES string of the molecule is CCCn1cc(S(=O)(=O)N(C)C(C)C(N)=S)nc1C. The van der Waals surface area contributed by atoms with Gasteiger partial charge < -0.3 is 10.3 Å². The number of nitrogens with two attached hydrogens (primary N) is 1. The molecule has 0 spiro atoms. The molecular formula is C11H20N4O2S2. The molecule has 108 valence electrons. The summed E-state index contributed by atoms with van der Waals surface area (Å²) in [7, 11) is -2.22. The molecule has 0 saturated heterocycles. The van der Waals surface area contributed by atoms with Gasteiger partial charge in [0, 0.05) is 19.8 Å². The summed E-state index contributed by atoms with van der Waals surface area (Å²) in [5.41, 5.74) is 5.49. The number of rotatable bonds is 6. The van der Waals surface area contributed by atoms with Crippen molar-refractivity contribution in [1.29, 1.82) is 0 Å². The van der Waals surface area contributed by atoms with Gasteiger partial charge in [0.25, 0.3) is 10.0 Å². The van der Waals surface area contributed by atoms with Gasteiger partial charge in [0.1, 0.15) is 5.82 Å². The standard InChI is InChI=1S/C11H20N4O2S2/c1-5-6-15-7-10(13-9(15)3)19(16,17)14(4)8(2)11(12)18/h7-8H,5-6H2,1-4H3,(H2,12,18). The van der Waals surface area contributed by atoms with E-state index in [2.05, 4.69) is 4.98 Å². The molecule has 8 heteroatoms. The van der Waals surface area contributed by atoms with Crippen LogP contribution >= 0.6 is 12.2 Å². The van der Waals surface area contributed by atoms with Gasteiger partial charge in [-0.25, -0.2) is 13.4 Å². The summed E-state index contributed by atoms with van der Waals surface area (Å²) in [5, 5.41) is 0.0315. The average Bonchev–Trinajstić information content (AvgIpc) is 2.70. The Balaban J connectivity index is 3.13. The van der Waals surface area contributed by atoms with Crippen LogP contribution in [0.3, 0.4) is 0 Å². The number of imidazole rings is 1. The highest BCUT2D eigenvalue weighted by molar-refractivity contribution is 7.89. The number of aryl methyl sites for hydroxylation is 2. The zero-order chi connectivity index (χ0) is 14.8. The molecule has 1 heterocycles. The van der Waals surface area contributed by atoms with E-state index in [0.717, 1.165) is 17.3 Å². The van der Waals surface area contributed by atoms with Crippen molar-refractivity contribution in [2.45, 2.75) is 44.8 Å². The minimum Gasteiger partial charge on any atom is -0.392 e. The number of thiocarbonyl (C=S) groups is 1. The second kappa shape index (κ2) is 5.98. The Morgan fingerprint density at radius 3 is 2.68 bits per heavy atom. The third-order valence-electron chi connectivity index (χ3n) is 3.02. The molecule has 0 radical (unpaired) electrons. The Bertz CT molecular complexity index is 565. The molecule has 1 aromatic heterocycles. The van der Waals surface area contributed by atoms with Gasteiger partial charge in [-0.15, -0.1) is 0 Å². The van der Waals surface area contributed by atoms with Crippen molar-refractivity contribution in [2.75, 3.05) is 7.05 Å². The Morgan fingerprint density at radius 1 is 1.63 bits per heavy atom. The number of hydrogen-bond acceptors (Lipinski definition) is 4. The minimum absolute atomic E-state index is 0.0315. The van der Waals surface area contributed by atoms with Crippen LogP contribution < -0.4 is 5.73 Å². The van der Waals surface area contributed by atoms with Crippen molar-refractivity contribution in [1.82, 2.24) is 13.9 Å². The highest BCUT2D eigenvalue weighted by Gasteiger charge is 2.29. The van der Waals surface area contributed by atoms with Crippen LogP contribution in [0.2, 0.25) is 0 Å². The number of sulfonamides is 1. The lowest BCUT2D eigenvalue weighted by atomic mass is 10.3. The van der Waals surface area contributed by atoms with Crippen LogP contribution in [-0.2, 0) is 16.6 Å². The molecule has 0 fully saturated rings. The highest BCUT2D eigenvalue weighted by atomic mass is 32.2. The van der Waals surface area contributed by atoms with Crippen LogP contribution in [0.5, 0.6) is 0 Å². The topological polar surface area (TPSA) is 81.2 Å². The van der Waals surface area contributed by atoms with Gasteiger partial charge in [-0.2, -0.15) is 4.31 Å². The molecule has 0 amide bonds. The van der Waals surface area contributed by atoms with Gasteiger partial charge in [-0.05, 0) is 20.3 Å². The van der Waals surface area contributed by atoms with Gasteiger partial charge in [0.2, 0.25) is 0 Å². The van der Waals surface area contributed by atoms with Crippen LogP contribution in [0.15, 0.2) is 11.2 Å². The zero-order valence-electron chi connectivity index (χ0n) is 11.6. The summed E-state index contributed by atoms with van der Waals surface area (Å²) in [6, 6.07) is -0.545. The quantitative estimate of drug-likeness (QED) is 0.790. The number of aromatic nitrogens is 2. The van der Waals surface area contributed by atoms with Crippen LogP contribution in [0.4, 0.5) is 0 Å². The maximum absolute atomic E-state index is 12.4. The third kappa shape index (κ3) is 3.31. The summed E-state index contributed by atoms with van der Waals surface area (Å²) in [4.78, 5) is 4.25. The Hall–Kier alpha value is -0.990. The molecule has 0 bridgehead atoms. The third-order valence-corrected chi connectivity index (χ3v) is 5.16. The number of nitrogens with zero attached hydrogens (tertiary/aromatic N) is 3. The molecule has 1 aromatic rings. The van der Waals surface area contributed by atoms with E-state index < -0.39 is 16.1 Å². The molecule has 0 aliphatic carbocycles. The summed E-state index contributed by atoms with van der Waals surface area (Å²) in [5.74, 6) is 0.678. The van der Waals surface area contributed by atoms with Crippen LogP contribution in [0.25, 0.3) is 0 Å². The molecular weight excluding hydrogens is 284 g/mol. The monoisotopic (exact) mass is 304 g/mol. The molecule has 1 atom stereocenters. The van der Waals surface area contributed by atoms with Gasteiger partial charge in [-0.1, -0.05) is 19.1 Å². The van der Waals surface area contributed by atoms with Crippen molar-refractivity contribution < 1.29 is 8.42 Å². The largest absolute Gasteiger partial charge is 0.392 e. The van der Waals surface area contributed by atoms with Crippen molar-refractivity contribution in [3.63, 3.8) is 0 Å². The fourth-order valence-electron chi connectivity index (χ4n) is 1.61. The smallest absolute Gasteiger partial charge is 0.262 e. The minimum atomic E-state index is -3.67. The predicted molar refractivity (Wildman–Crippen MR) is 78.5 cm³/mol. The van der Waals surface area contributed by atoms with Crippen LogP contribution in [0.1, 0.15) is 26.1 Å². The normalized spacial score (nSPS) is 13.7. The zero-order valence-corrected chi connectivity index (χ0v) is 13.3. The fourth-order valence-corrected chi connectivity index (χ4v) is 3.16.